The number of aryl methyl sites for hydroxylation is 1. The van der Waals surface area contributed by atoms with E-state index in [1.54, 1.807) is 6.20 Å². The van der Waals surface area contributed by atoms with Crippen LogP contribution >= 0.6 is 15.9 Å². The van der Waals surface area contributed by atoms with Crippen LogP contribution in [0.2, 0.25) is 0 Å². The van der Waals surface area contributed by atoms with Crippen LogP contribution in [-0.2, 0) is 0 Å². The number of ether oxygens (including phenoxy) is 1. The normalized spacial score (nSPS) is 11.5. The van der Waals surface area contributed by atoms with E-state index in [2.05, 4.69) is 25.9 Å². The molecule has 0 aliphatic heterocycles. The molecule has 72 valence electrons. The average Bonchev–Trinajstić information content (AvgIpc) is 1.94. The first-order chi connectivity index (χ1) is 5.88. The Bertz CT molecular complexity index is 307. The molecule has 0 bridgehead atoms. The highest BCUT2D eigenvalue weighted by Gasteiger charge is 2.13. The topological polar surface area (TPSA) is 35.0 Å². The van der Waals surface area contributed by atoms with Gasteiger partial charge in [0.1, 0.15) is 5.60 Å². The van der Waals surface area contributed by atoms with Crippen molar-refractivity contribution in [3.8, 4) is 6.01 Å². The van der Waals surface area contributed by atoms with E-state index >= 15 is 0 Å². The fourth-order valence-corrected chi connectivity index (χ4v) is 0.945. The minimum Gasteiger partial charge on any atom is -0.458 e. The fraction of sp³-hybridized carbons (Fsp3) is 0.556. The fourth-order valence-electron chi connectivity index (χ4n) is 0.754. The van der Waals surface area contributed by atoms with E-state index in [0.717, 1.165) is 10.2 Å². The van der Waals surface area contributed by atoms with Gasteiger partial charge in [0.05, 0.1) is 10.2 Å². The summed E-state index contributed by atoms with van der Waals surface area (Å²) in [7, 11) is 0. The van der Waals surface area contributed by atoms with E-state index in [-0.39, 0.29) is 5.60 Å². The molecule has 0 fully saturated rings. The zero-order chi connectivity index (χ0) is 10.1. The van der Waals surface area contributed by atoms with Gasteiger partial charge >= 0.3 is 6.01 Å². The second kappa shape index (κ2) is 3.62. The van der Waals surface area contributed by atoms with Crippen LogP contribution in [0.4, 0.5) is 0 Å². The largest absolute Gasteiger partial charge is 0.458 e. The zero-order valence-electron chi connectivity index (χ0n) is 8.26. The van der Waals surface area contributed by atoms with Gasteiger partial charge in [-0.3, -0.25) is 0 Å². The number of hydrogen-bond donors (Lipinski definition) is 0. The molecule has 0 aromatic carbocycles. The molecule has 0 aliphatic rings. The van der Waals surface area contributed by atoms with Gasteiger partial charge < -0.3 is 4.74 Å². The number of nitrogens with zero attached hydrogens (tertiary/aromatic N) is 2. The van der Waals surface area contributed by atoms with Crippen molar-refractivity contribution in [3.05, 3.63) is 16.4 Å². The molecule has 0 aliphatic carbocycles. The lowest BCUT2D eigenvalue weighted by Crippen LogP contribution is -2.24. The van der Waals surface area contributed by atoms with Crippen molar-refractivity contribution in [2.75, 3.05) is 0 Å². The quantitative estimate of drug-likeness (QED) is 0.763. The molecule has 1 aromatic rings. The third-order valence-electron chi connectivity index (χ3n) is 1.29. The monoisotopic (exact) mass is 244 g/mol. The summed E-state index contributed by atoms with van der Waals surface area (Å²) < 4.78 is 6.39. The minimum atomic E-state index is -0.250. The Balaban J connectivity index is 2.86. The Labute approximate surface area is 86.7 Å². The molecule has 1 rings (SSSR count). The third kappa shape index (κ3) is 3.30. The first kappa shape index (κ1) is 10.4. The van der Waals surface area contributed by atoms with Crippen molar-refractivity contribution in [2.45, 2.75) is 33.3 Å². The summed E-state index contributed by atoms with van der Waals surface area (Å²) in [6, 6.07) is 0.424. The number of rotatable bonds is 1. The van der Waals surface area contributed by atoms with Crippen LogP contribution in [0, 0.1) is 6.92 Å². The molecule has 0 saturated heterocycles. The molecule has 3 nitrogen and oxygen atoms in total. The average molecular weight is 245 g/mol. The number of aromatic nitrogens is 2. The lowest BCUT2D eigenvalue weighted by atomic mass is 10.2. The SMILES string of the molecule is Cc1nc(OC(C)(C)C)ncc1Br. The van der Waals surface area contributed by atoms with Crippen LogP contribution < -0.4 is 4.74 Å². The van der Waals surface area contributed by atoms with E-state index in [1.165, 1.54) is 0 Å². The molecule has 0 radical (unpaired) electrons. The van der Waals surface area contributed by atoms with E-state index in [0.29, 0.717) is 6.01 Å². The molecule has 4 heteroatoms. The highest BCUT2D eigenvalue weighted by molar-refractivity contribution is 9.10. The number of halogens is 1. The van der Waals surface area contributed by atoms with Crippen LogP contribution in [0.3, 0.4) is 0 Å². The van der Waals surface area contributed by atoms with Crippen molar-refractivity contribution in [1.29, 1.82) is 0 Å². The van der Waals surface area contributed by atoms with Crippen molar-refractivity contribution >= 4 is 15.9 Å². The maximum Gasteiger partial charge on any atom is 0.317 e. The summed E-state index contributed by atoms with van der Waals surface area (Å²) in [4.78, 5) is 8.22. The van der Waals surface area contributed by atoms with Crippen molar-refractivity contribution in [3.63, 3.8) is 0 Å². The minimum absolute atomic E-state index is 0.250. The maximum absolute atomic E-state index is 5.49. The first-order valence-electron chi connectivity index (χ1n) is 4.06. The molecule has 13 heavy (non-hydrogen) atoms. The van der Waals surface area contributed by atoms with Gasteiger partial charge in [-0.25, -0.2) is 4.98 Å². The smallest absolute Gasteiger partial charge is 0.317 e. The third-order valence-corrected chi connectivity index (χ3v) is 2.07. The summed E-state index contributed by atoms with van der Waals surface area (Å²) in [6.45, 7) is 7.80. The molecule has 0 saturated carbocycles. The zero-order valence-corrected chi connectivity index (χ0v) is 9.84. The highest BCUT2D eigenvalue weighted by Crippen LogP contribution is 2.17. The van der Waals surface area contributed by atoms with Gasteiger partial charge in [0.2, 0.25) is 0 Å². The Morgan fingerprint density at radius 3 is 2.46 bits per heavy atom. The molecule has 0 unspecified atom stereocenters. The second-order valence-corrected chi connectivity index (χ2v) is 4.65. The maximum atomic E-state index is 5.49. The van der Waals surface area contributed by atoms with Gasteiger partial charge in [0.15, 0.2) is 0 Å². The lowest BCUT2D eigenvalue weighted by molar-refractivity contribution is 0.116. The first-order valence-corrected chi connectivity index (χ1v) is 4.86. The van der Waals surface area contributed by atoms with E-state index in [9.17, 15) is 0 Å². The standard InChI is InChI=1S/C9H13BrN2O/c1-6-7(10)5-11-8(12-6)13-9(2,3)4/h5H,1-4H3. The molecule has 0 atom stereocenters. The molecule has 0 amide bonds. The predicted octanol–water partition coefficient (Wildman–Crippen LogP) is 2.72. The molecule has 0 N–H and O–H groups in total. The van der Waals surface area contributed by atoms with Gasteiger partial charge in [-0.2, -0.15) is 4.98 Å². The Hall–Kier alpha value is -0.640. The number of hydrogen-bond acceptors (Lipinski definition) is 3. The summed E-state index contributed by atoms with van der Waals surface area (Å²) in [5.74, 6) is 0. The van der Waals surface area contributed by atoms with Crippen LogP contribution in [0.5, 0.6) is 6.01 Å². The Kier molecular flexibility index (Phi) is 2.91. The Morgan fingerprint density at radius 1 is 1.38 bits per heavy atom. The molecular weight excluding hydrogens is 232 g/mol. The second-order valence-electron chi connectivity index (χ2n) is 3.80. The van der Waals surface area contributed by atoms with Gasteiger partial charge in [0, 0.05) is 6.20 Å². The summed E-state index contributed by atoms with van der Waals surface area (Å²) in [6.07, 6.45) is 1.70. The van der Waals surface area contributed by atoms with Crippen LogP contribution in [-0.4, -0.2) is 15.6 Å². The van der Waals surface area contributed by atoms with Crippen LogP contribution in [0.25, 0.3) is 0 Å². The molecule has 1 aromatic heterocycles. The molecule has 0 spiro atoms. The summed E-state index contributed by atoms with van der Waals surface area (Å²) >= 11 is 3.33. The predicted molar refractivity (Wildman–Crippen MR) is 54.9 cm³/mol. The Morgan fingerprint density at radius 2 is 2.00 bits per heavy atom. The van der Waals surface area contributed by atoms with Gasteiger partial charge in [-0.15, -0.1) is 0 Å². The highest BCUT2D eigenvalue weighted by atomic mass is 79.9. The molecule has 1 heterocycles. The van der Waals surface area contributed by atoms with Crippen LogP contribution in [0.15, 0.2) is 10.7 Å². The van der Waals surface area contributed by atoms with E-state index in [4.69, 9.17) is 4.74 Å². The van der Waals surface area contributed by atoms with Gasteiger partial charge in [0.25, 0.3) is 0 Å². The lowest BCUT2D eigenvalue weighted by Gasteiger charge is -2.19. The van der Waals surface area contributed by atoms with Crippen molar-refractivity contribution in [2.24, 2.45) is 0 Å². The van der Waals surface area contributed by atoms with Gasteiger partial charge in [-0.05, 0) is 43.6 Å². The van der Waals surface area contributed by atoms with E-state index < -0.39 is 0 Å². The summed E-state index contributed by atoms with van der Waals surface area (Å²) in [5, 5.41) is 0. The van der Waals surface area contributed by atoms with Crippen molar-refractivity contribution in [1.82, 2.24) is 9.97 Å². The molecular formula is C9H13BrN2O. The summed E-state index contributed by atoms with van der Waals surface area (Å²) in [5.41, 5.74) is 0.634. The van der Waals surface area contributed by atoms with E-state index in [1.807, 2.05) is 27.7 Å². The van der Waals surface area contributed by atoms with Crippen molar-refractivity contribution < 1.29 is 4.74 Å². The van der Waals surface area contributed by atoms with Crippen LogP contribution in [0.1, 0.15) is 26.5 Å². The van der Waals surface area contributed by atoms with Gasteiger partial charge in [-0.1, -0.05) is 0 Å².